The van der Waals surface area contributed by atoms with E-state index in [2.05, 4.69) is 10.3 Å². The minimum absolute atomic E-state index is 0.0804. The molecule has 1 saturated heterocycles. The van der Waals surface area contributed by atoms with E-state index < -0.39 is 17.5 Å². The number of halogens is 2. The van der Waals surface area contributed by atoms with Gasteiger partial charge in [0.15, 0.2) is 23.3 Å². The Hall–Kier alpha value is -2.84. The molecule has 0 radical (unpaired) electrons. The van der Waals surface area contributed by atoms with Gasteiger partial charge in [0.25, 0.3) is 11.6 Å². The molecule has 2 aromatic rings. The first kappa shape index (κ1) is 24.8. The van der Waals surface area contributed by atoms with Crippen LogP contribution in [-0.2, 0) is 9.59 Å². The number of benzene rings is 2. The summed E-state index contributed by atoms with van der Waals surface area (Å²) in [6, 6.07) is 7.23. The highest BCUT2D eigenvalue weighted by molar-refractivity contribution is 14.1. The van der Waals surface area contributed by atoms with Crippen LogP contribution in [0.15, 0.2) is 40.2 Å². The zero-order chi connectivity index (χ0) is 24.1. The number of carbonyl (C=O) groups excluding carboxylic acids is 1. The first-order valence-corrected chi connectivity index (χ1v) is 11.5. The van der Waals surface area contributed by atoms with Crippen molar-refractivity contribution in [2.45, 2.75) is 6.92 Å². The van der Waals surface area contributed by atoms with E-state index in [0.29, 0.717) is 32.1 Å². The third kappa shape index (κ3) is 6.36. The van der Waals surface area contributed by atoms with Crippen LogP contribution in [0, 0.1) is 13.7 Å². The Bertz CT molecular complexity index is 1200. The minimum atomic E-state index is -1.11. The van der Waals surface area contributed by atoms with E-state index in [-0.39, 0.29) is 27.5 Å². The van der Waals surface area contributed by atoms with E-state index >= 15 is 0 Å². The summed E-state index contributed by atoms with van der Waals surface area (Å²) in [5.41, 5.74) is 0.750. The van der Waals surface area contributed by atoms with Crippen LogP contribution in [0.3, 0.4) is 0 Å². The molecule has 1 aliphatic rings. The van der Waals surface area contributed by atoms with Crippen LogP contribution >= 0.6 is 46.0 Å². The molecule has 1 fully saturated rings. The summed E-state index contributed by atoms with van der Waals surface area (Å²) in [5.74, 6) is -0.831. The highest BCUT2D eigenvalue weighted by atomic mass is 127. The fraction of sp³-hybridized carbons (Fsp3) is 0.150. The smallest absolute Gasteiger partial charge is 0.341 e. The van der Waals surface area contributed by atoms with Crippen molar-refractivity contribution < 1.29 is 29.1 Å². The lowest BCUT2D eigenvalue weighted by atomic mass is 10.2. The Kier molecular flexibility index (Phi) is 8.15. The molecule has 0 aromatic heterocycles. The van der Waals surface area contributed by atoms with Crippen molar-refractivity contribution in [3.05, 3.63) is 59.5 Å². The molecule has 1 aliphatic heterocycles. The van der Waals surface area contributed by atoms with Crippen molar-refractivity contribution in [3.8, 4) is 11.5 Å². The Labute approximate surface area is 210 Å². The molecule has 2 aromatic carbocycles. The topological polar surface area (TPSA) is 140 Å². The second kappa shape index (κ2) is 10.9. The molecule has 0 spiro atoms. The van der Waals surface area contributed by atoms with Crippen LogP contribution in [0.5, 0.6) is 11.5 Å². The third-order valence-electron chi connectivity index (χ3n) is 3.98. The molecule has 2 N–H and O–H groups in total. The fourth-order valence-electron chi connectivity index (χ4n) is 2.65. The lowest BCUT2D eigenvalue weighted by Gasteiger charge is -2.13. The standard InChI is InChI=1S/C20H15ClIN3O7S/c1-2-31-15-6-10(5-13(22)18(15)32-9-17(26)27)7-16-19(28)24-20(33-16)23-14-4-3-11(25(29)30)8-12(14)21/h3-8H,2,9H2,1H3,(H,26,27)(H,23,24,28)/b16-7+. The summed E-state index contributed by atoms with van der Waals surface area (Å²) in [6.45, 7) is 1.60. The molecule has 0 atom stereocenters. The van der Waals surface area contributed by atoms with Gasteiger partial charge in [-0.1, -0.05) is 11.6 Å². The summed E-state index contributed by atoms with van der Waals surface area (Å²) < 4.78 is 11.5. The molecule has 1 heterocycles. The van der Waals surface area contributed by atoms with Crippen molar-refractivity contribution in [2.24, 2.45) is 4.99 Å². The van der Waals surface area contributed by atoms with Crippen LogP contribution in [0.2, 0.25) is 5.02 Å². The average Bonchev–Trinajstić information content (AvgIpc) is 3.07. The molecular formula is C20H15ClIN3O7S. The molecule has 33 heavy (non-hydrogen) atoms. The first-order valence-electron chi connectivity index (χ1n) is 9.22. The van der Waals surface area contributed by atoms with Gasteiger partial charge in [0.1, 0.15) is 0 Å². The number of hydrogen-bond donors (Lipinski definition) is 2. The molecule has 0 bridgehead atoms. The number of amides is 1. The van der Waals surface area contributed by atoms with Crippen LogP contribution in [-0.4, -0.2) is 40.3 Å². The predicted molar refractivity (Wildman–Crippen MR) is 132 cm³/mol. The zero-order valence-corrected chi connectivity index (χ0v) is 20.6. The van der Waals surface area contributed by atoms with Gasteiger partial charge in [-0.3, -0.25) is 14.9 Å². The Morgan fingerprint density at radius 3 is 2.76 bits per heavy atom. The minimum Gasteiger partial charge on any atom is -0.490 e. The van der Waals surface area contributed by atoms with Crippen LogP contribution in [0.1, 0.15) is 12.5 Å². The number of hydrogen-bond acceptors (Lipinski definition) is 8. The lowest BCUT2D eigenvalue weighted by Crippen LogP contribution is -2.19. The molecule has 10 nitrogen and oxygen atoms in total. The number of nitro groups is 1. The van der Waals surface area contributed by atoms with Crippen molar-refractivity contribution in [1.29, 1.82) is 0 Å². The van der Waals surface area contributed by atoms with E-state index in [0.717, 1.165) is 11.8 Å². The van der Waals surface area contributed by atoms with Crippen molar-refractivity contribution in [1.82, 2.24) is 5.32 Å². The molecule has 0 aliphatic carbocycles. The van der Waals surface area contributed by atoms with E-state index in [1.54, 1.807) is 25.1 Å². The quantitative estimate of drug-likeness (QED) is 0.193. The van der Waals surface area contributed by atoms with E-state index in [1.807, 2.05) is 22.6 Å². The number of amidine groups is 1. The number of thioether (sulfide) groups is 1. The number of aliphatic carboxylic acids is 1. The number of carbonyl (C=O) groups is 2. The SMILES string of the molecule is CCOc1cc(/C=C2/SC(=Nc3ccc([N+](=O)[O-])cc3Cl)NC2=O)cc(I)c1OCC(=O)O. The van der Waals surface area contributed by atoms with Gasteiger partial charge in [-0.25, -0.2) is 9.79 Å². The summed E-state index contributed by atoms with van der Waals surface area (Å²) >= 11 is 9.14. The van der Waals surface area contributed by atoms with Gasteiger partial charge < -0.3 is 19.9 Å². The van der Waals surface area contributed by atoms with Crippen molar-refractivity contribution >= 4 is 80.4 Å². The number of ether oxygens (including phenoxy) is 2. The maximum atomic E-state index is 12.4. The number of aliphatic imine (C=N–C) groups is 1. The Morgan fingerprint density at radius 1 is 1.36 bits per heavy atom. The largest absolute Gasteiger partial charge is 0.490 e. The molecular weight excluding hydrogens is 589 g/mol. The van der Waals surface area contributed by atoms with Crippen LogP contribution in [0.4, 0.5) is 11.4 Å². The Balaban J connectivity index is 1.87. The normalized spacial score (nSPS) is 15.5. The zero-order valence-electron chi connectivity index (χ0n) is 16.8. The average molecular weight is 604 g/mol. The highest BCUT2D eigenvalue weighted by Gasteiger charge is 2.25. The highest BCUT2D eigenvalue weighted by Crippen LogP contribution is 2.37. The van der Waals surface area contributed by atoms with Gasteiger partial charge in [0.05, 0.1) is 30.7 Å². The summed E-state index contributed by atoms with van der Waals surface area (Å²) in [7, 11) is 0. The third-order valence-corrected chi connectivity index (χ3v) is 6.00. The van der Waals surface area contributed by atoms with Gasteiger partial charge in [-0.15, -0.1) is 0 Å². The van der Waals surface area contributed by atoms with Crippen LogP contribution < -0.4 is 14.8 Å². The molecule has 0 unspecified atom stereocenters. The van der Waals surface area contributed by atoms with Gasteiger partial charge >= 0.3 is 5.97 Å². The van der Waals surface area contributed by atoms with Gasteiger partial charge in [-0.2, -0.15) is 0 Å². The number of rotatable bonds is 8. The molecule has 172 valence electrons. The number of nitrogens with zero attached hydrogens (tertiary/aromatic N) is 2. The van der Waals surface area contributed by atoms with Crippen molar-refractivity contribution in [2.75, 3.05) is 13.2 Å². The molecule has 0 saturated carbocycles. The summed E-state index contributed by atoms with van der Waals surface area (Å²) in [5, 5.41) is 22.7. The van der Waals surface area contributed by atoms with E-state index in [4.69, 9.17) is 26.2 Å². The molecule has 3 rings (SSSR count). The van der Waals surface area contributed by atoms with Crippen LogP contribution in [0.25, 0.3) is 6.08 Å². The lowest BCUT2D eigenvalue weighted by molar-refractivity contribution is -0.384. The van der Waals surface area contributed by atoms with Gasteiger partial charge in [0.2, 0.25) is 0 Å². The first-order chi connectivity index (χ1) is 15.7. The Morgan fingerprint density at radius 2 is 2.12 bits per heavy atom. The van der Waals surface area contributed by atoms with Gasteiger partial charge in [0, 0.05) is 12.1 Å². The van der Waals surface area contributed by atoms with Crippen molar-refractivity contribution in [3.63, 3.8) is 0 Å². The van der Waals surface area contributed by atoms with Gasteiger partial charge in [-0.05, 0) is 71.1 Å². The number of carboxylic acids is 1. The molecule has 13 heteroatoms. The predicted octanol–water partition coefficient (Wildman–Crippen LogP) is 4.61. The van der Waals surface area contributed by atoms with E-state index in [1.165, 1.54) is 18.2 Å². The monoisotopic (exact) mass is 603 g/mol. The number of non-ortho nitro benzene ring substituents is 1. The number of nitro benzene ring substituents is 1. The maximum absolute atomic E-state index is 12.4. The second-order valence-corrected chi connectivity index (χ2v) is 8.92. The molecule has 1 amide bonds. The number of nitrogens with one attached hydrogen (secondary N) is 1. The number of carboxylic acid groups (broad SMARTS) is 1. The fourth-order valence-corrected chi connectivity index (χ4v) is 4.48. The maximum Gasteiger partial charge on any atom is 0.341 e. The summed E-state index contributed by atoms with van der Waals surface area (Å²) in [6.07, 6.45) is 1.63. The second-order valence-electron chi connectivity index (χ2n) is 6.32. The van der Waals surface area contributed by atoms with E-state index in [9.17, 15) is 19.7 Å². The summed E-state index contributed by atoms with van der Waals surface area (Å²) in [4.78, 5) is 38.2.